The Balaban J connectivity index is 1.52. The van der Waals surface area contributed by atoms with Crippen molar-refractivity contribution in [3.8, 4) is 5.69 Å². The molecule has 4 rings (SSSR count). The van der Waals surface area contributed by atoms with Crippen LogP contribution in [0.4, 0.5) is 0 Å². The van der Waals surface area contributed by atoms with E-state index < -0.39 is 22.5 Å². The van der Waals surface area contributed by atoms with Gasteiger partial charge in [0, 0.05) is 28.0 Å². The first-order valence-electron chi connectivity index (χ1n) is 11.7. The van der Waals surface area contributed by atoms with Crippen LogP contribution in [0.1, 0.15) is 22.5 Å². The lowest BCUT2D eigenvalue weighted by Gasteiger charge is -2.21. The predicted octanol–water partition coefficient (Wildman–Crippen LogP) is 5.85. The van der Waals surface area contributed by atoms with Gasteiger partial charge in [0.05, 0.1) is 28.4 Å². The number of amides is 1. The molecule has 1 aromatic heterocycles. The van der Waals surface area contributed by atoms with Crippen LogP contribution >= 0.6 is 27.5 Å². The van der Waals surface area contributed by atoms with Crippen LogP contribution in [0.25, 0.3) is 5.69 Å². The number of aromatic nitrogens is 1. The van der Waals surface area contributed by atoms with Gasteiger partial charge in [0.25, 0.3) is 5.91 Å². The minimum absolute atomic E-state index is 0.0371. The number of rotatable bonds is 9. The molecule has 0 atom stereocenters. The fourth-order valence-corrected chi connectivity index (χ4v) is 5.93. The summed E-state index contributed by atoms with van der Waals surface area (Å²) in [7, 11) is -3.95. The molecule has 0 aliphatic rings. The van der Waals surface area contributed by atoms with Crippen molar-refractivity contribution in [3.05, 3.63) is 117 Å². The molecule has 0 spiro atoms. The van der Waals surface area contributed by atoms with E-state index in [2.05, 4.69) is 26.5 Å². The van der Waals surface area contributed by atoms with E-state index in [1.54, 1.807) is 18.3 Å². The number of aryl methyl sites for hydroxylation is 1. The van der Waals surface area contributed by atoms with Crippen molar-refractivity contribution in [3.63, 3.8) is 0 Å². The molecule has 1 N–H and O–H groups in total. The van der Waals surface area contributed by atoms with Crippen molar-refractivity contribution in [2.45, 2.75) is 25.3 Å². The fraction of sp³-hybridized carbons (Fsp3) is 0.143. The van der Waals surface area contributed by atoms with E-state index in [1.807, 2.05) is 79.1 Å². The first kappa shape index (κ1) is 27.8. The van der Waals surface area contributed by atoms with Gasteiger partial charge < -0.3 is 4.57 Å². The Hall–Kier alpha value is -3.24. The van der Waals surface area contributed by atoms with Crippen LogP contribution in [0, 0.1) is 13.8 Å². The highest BCUT2D eigenvalue weighted by Crippen LogP contribution is 2.26. The fourth-order valence-electron chi connectivity index (χ4n) is 4.06. The van der Waals surface area contributed by atoms with Crippen molar-refractivity contribution >= 4 is 49.7 Å². The second-order valence-electron chi connectivity index (χ2n) is 8.62. The lowest BCUT2D eigenvalue weighted by molar-refractivity contribution is -0.121. The number of sulfonamides is 1. The average Bonchev–Trinajstić information content (AvgIpc) is 3.17. The van der Waals surface area contributed by atoms with Crippen molar-refractivity contribution in [1.29, 1.82) is 0 Å². The van der Waals surface area contributed by atoms with E-state index >= 15 is 0 Å². The highest BCUT2D eigenvalue weighted by atomic mass is 79.9. The smallest absolute Gasteiger partial charge is 0.255 e. The van der Waals surface area contributed by atoms with Crippen LogP contribution in [-0.2, 0) is 21.4 Å². The zero-order valence-electron chi connectivity index (χ0n) is 20.8. The number of para-hydroxylation sites is 1. The minimum Gasteiger partial charge on any atom is -0.316 e. The number of carbonyl (C=O) groups excluding carboxylic acids is 1. The Bertz CT molecular complexity index is 1570. The first-order chi connectivity index (χ1) is 18.2. The number of nitrogens with one attached hydrogen (secondary N) is 1. The first-order valence-corrected chi connectivity index (χ1v) is 14.3. The summed E-state index contributed by atoms with van der Waals surface area (Å²) in [4.78, 5) is 12.9. The molecular weight excluding hydrogens is 588 g/mol. The topological polar surface area (TPSA) is 83.8 Å². The summed E-state index contributed by atoms with van der Waals surface area (Å²) in [6.45, 7) is 3.53. The van der Waals surface area contributed by atoms with Gasteiger partial charge >= 0.3 is 0 Å². The van der Waals surface area contributed by atoms with Gasteiger partial charge in [0.1, 0.15) is 0 Å². The molecule has 3 aromatic carbocycles. The molecule has 0 aliphatic heterocycles. The lowest BCUT2D eigenvalue weighted by atomic mass is 10.2. The second kappa shape index (κ2) is 12.1. The number of hydrogen-bond donors (Lipinski definition) is 1. The van der Waals surface area contributed by atoms with Crippen LogP contribution < -0.4 is 5.43 Å². The Kier molecular flexibility index (Phi) is 8.83. The molecule has 0 aliphatic carbocycles. The molecule has 1 heterocycles. The van der Waals surface area contributed by atoms with Crippen molar-refractivity contribution in [2.24, 2.45) is 5.10 Å². The van der Waals surface area contributed by atoms with Gasteiger partial charge in [0.2, 0.25) is 10.0 Å². The third kappa shape index (κ3) is 6.42. The SMILES string of the molecule is Cc1cc(/C=N/NC(=O)CN(Cc2ccccc2)S(=O)(=O)c2ccc(Br)cc2)c(C)n1-c1ccccc1Cl. The highest BCUT2D eigenvalue weighted by Gasteiger charge is 2.27. The predicted molar refractivity (Wildman–Crippen MR) is 154 cm³/mol. The van der Waals surface area contributed by atoms with Crippen molar-refractivity contribution in [1.82, 2.24) is 14.3 Å². The molecule has 0 fully saturated rings. The zero-order chi connectivity index (χ0) is 27.3. The minimum atomic E-state index is -3.95. The van der Waals surface area contributed by atoms with Crippen LogP contribution in [0.15, 0.2) is 99.4 Å². The number of halogens is 2. The molecule has 0 radical (unpaired) electrons. The third-order valence-electron chi connectivity index (χ3n) is 5.93. The van der Waals surface area contributed by atoms with E-state index in [-0.39, 0.29) is 11.4 Å². The Labute approximate surface area is 235 Å². The monoisotopic (exact) mass is 612 g/mol. The van der Waals surface area contributed by atoms with Crippen LogP contribution in [-0.4, -0.2) is 36.0 Å². The highest BCUT2D eigenvalue weighted by molar-refractivity contribution is 9.10. The molecule has 196 valence electrons. The van der Waals surface area contributed by atoms with Gasteiger partial charge in [0.15, 0.2) is 0 Å². The molecular formula is C28H26BrClN4O3S. The maximum Gasteiger partial charge on any atom is 0.255 e. The molecule has 0 bridgehead atoms. The maximum absolute atomic E-state index is 13.4. The summed E-state index contributed by atoms with van der Waals surface area (Å²) in [6.07, 6.45) is 1.54. The molecule has 38 heavy (non-hydrogen) atoms. The maximum atomic E-state index is 13.4. The largest absolute Gasteiger partial charge is 0.316 e. The van der Waals surface area contributed by atoms with Crippen LogP contribution in [0.5, 0.6) is 0 Å². The van der Waals surface area contributed by atoms with E-state index in [0.717, 1.165) is 37.0 Å². The van der Waals surface area contributed by atoms with Crippen molar-refractivity contribution in [2.75, 3.05) is 6.54 Å². The summed E-state index contributed by atoms with van der Waals surface area (Å²) in [5.41, 5.74) is 6.73. The summed E-state index contributed by atoms with van der Waals surface area (Å²) >= 11 is 9.71. The number of nitrogens with zero attached hydrogens (tertiary/aromatic N) is 3. The molecule has 0 unspecified atom stereocenters. The second-order valence-corrected chi connectivity index (χ2v) is 11.9. The van der Waals surface area contributed by atoms with Gasteiger partial charge in [-0.15, -0.1) is 0 Å². The Morgan fingerprint density at radius 1 is 1.03 bits per heavy atom. The Morgan fingerprint density at radius 3 is 2.37 bits per heavy atom. The van der Waals surface area contributed by atoms with Gasteiger partial charge in [-0.2, -0.15) is 9.41 Å². The van der Waals surface area contributed by atoms with E-state index in [0.29, 0.717) is 5.02 Å². The molecule has 10 heteroatoms. The van der Waals surface area contributed by atoms with E-state index in [9.17, 15) is 13.2 Å². The summed E-state index contributed by atoms with van der Waals surface area (Å²) < 4.78 is 30.7. The van der Waals surface area contributed by atoms with Crippen molar-refractivity contribution < 1.29 is 13.2 Å². The lowest BCUT2D eigenvalue weighted by Crippen LogP contribution is -2.39. The average molecular weight is 614 g/mol. The van der Waals surface area contributed by atoms with Gasteiger partial charge in [-0.1, -0.05) is 70.0 Å². The summed E-state index contributed by atoms with van der Waals surface area (Å²) in [6, 6.07) is 24.9. The Morgan fingerprint density at radius 2 is 1.68 bits per heavy atom. The normalized spacial score (nSPS) is 11.8. The standard InChI is InChI=1S/C28H26BrClN4O3S/c1-20-16-23(21(2)34(20)27-11-7-6-10-26(27)30)17-31-32-28(35)19-33(18-22-8-4-3-5-9-22)38(36,37)25-14-12-24(29)13-15-25/h3-17H,18-19H2,1-2H3,(H,32,35)/b31-17+. The van der Waals surface area contributed by atoms with E-state index in [1.165, 1.54) is 12.1 Å². The zero-order valence-corrected chi connectivity index (χ0v) is 24.0. The molecule has 4 aromatic rings. The number of carbonyl (C=O) groups is 1. The molecule has 7 nitrogen and oxygen atoms in total. The number of hydrazone groups is 1. The van der Waals surface area contributed by atoms with Gasteiger partial charge in [-0.3, -0.25) is 4.79 Å². The van der Waals surface area contributed by atoms with Gasteiger partial charge in [-0.05, 0) is 61.9 Å². The third-order valence-corrected chi connectivity index (χ3v) is 8.58. The summed E-state index contributed by atoms with van der Waals surface area (Å²) in [5.74, 6) is -0.558. The number of hydrogen-bond acceptors (Lipinski definition) is 4. The molecule has 0 saturated carbocycles. The number of benzene rings is 3. The van der Waals surface area contributed by atoms with E-state index in [4.69, 9.17) is 11.6 Å². The summed E-state index contributed by atoms with van der Waals surface area (Å²) in [5, 5.41) is 4.72. The molecule has 1 amide bonds. The quantitative estimate of drug-likeness (QED) is 0.190. The van der Waals surface area contributed by atoms with Crippen LogP contribution in [0.3, 0.4) is 0 Å². The van der Waals surface area contributed by atoms with Crippen LogP contribution in [0.2, 0.25) is 5.02 Å². The molecule has 0 saturated heterocycles. The van der Waals surface area contributed by atoms with Gasteiger partial charge in [-0.25, -0.2) is 13.8 Å².